The van der Waals surface area contributed by atoms with Gasteiger partial charge in [0.1, 0.15) is 0 Å². The van der Waals surface area contributed by atoms with Crippen molar-refractivity contribution in [2.24, 2.45) is 0 Å². The molecule has 0 saturated carbocycles. The summed E-state index contributed by atoms with van der Waals surface area (Å²) < 4.78 is 40.8. The summed E-state index contributed by atoms with van der Waals surface area (Å²) in [5.41, 5.74) is 2.81. The molecule has 0 aliphatic carbocycles. The predicted octanol–water partition coefficient (Wildman–Crippen LogP) is 4.13. The average molecular weight is 439 g/mol. The highest BCUT2D eigenvalue weighted by Crippen LogP contribution is 2.31. The first-order valence-electron chi connectivity index (χ1n) is 9.75. The molecule has 3 aromatic rings. The third-order valence-corrected chi connectivity index (χ3v) is 5.78. The second-order valence-electron chi connectivity index (χ2n) is 7.57. The van der Waals surface area contributed by atoms with E-state index in [1.807, 2.05) is 31.2 Å². The Bertz CT molecular complexity index is 1050. The molecule has 0 unspecified atom stereocenters. The fourth-order valence-corrected chi connectivity index (χ4v) is 3.91. The highest BCUT2D eigenvalue weighted by atomic mass is 35.5. The molecule has 4 rings (SSSR count). The van der Waals surface area contributed by atoms with Gasteiger partial charge in [-0.3, -0.25) is 4.90 Å². The number of anilines is 1. The van der Waals surface area contributed by atoms with E-state index < -0.39 is 12.0 Å². The van der Waals surface area contributed by atoms with E-state index in [1.54, 1.807) is 6.92 Å². The lowest BCUT2D eigenvalue weighted by molar-refractivity contribution is -0.146. The number of alkyl halides is 3. The zero-order valence-electron chi connectivity index (χ0n) is 16.7. The molecule has 0 spiro atoms. The second-order valence-corrected chi connectivity index (χ2v) is 8.01. The van der Waals surface area contributed by atoms with Gasteiger partial charge >= 0.3 is 6.18 Å². The van der Waals surface area contributed by atoms with Crippen LogP contribution in [0.1, 0.15) is 28.9 Å². The predicted molar refractivity (Wildman–Crippen MR) is 109 cm³/mol. The van der Waals surface area contributed by atoms with Crippen molar-refractivity contribution in [3.05, 3.63) is 51.8 Å². The number of hydrogen-bond donors (Lipinski definition) is 0. The van der Waals surface area contributed by atoms with Crippen LogP contribution in [0.3, 0.4) is 0 Å². The zero-order chi connectivity index (χ0) is 21.5. The molecule has 1 saturated heterocycles. The number of benzene rings is 1. The Morgan fingerprint density at radius 3 is 2.40 bits per heavy atom. The Morgan fingerprint density at radius 2 is 1.70 bits per heavy atom. The molecule has 1 aliphatic rings. The van der Waals surface area contributed by atoms with E-state index in [4.69, 9.17) is 11.6 Å². The van der Waals surface area contributed by atoms with Crippen LogP contribution in [0.25, 0.3) is 5.65 Å². The first-order chi connectivity index (χ1) is 14.2. The molecular weight excluding hydrogens is 417 g/mol. The van der Waals surface area contributed by atoms with E-state index in [9.17, 15) is 13.2 Å². The van der Waals surface area contributed by atoms with Gasteiger partial charge in [0, 0.05) is 48.9 Å². The van der Waals surface area contributed by atoms with Crippen molar-refractivity contribution in [3.8, 4) is 0 Å². The van der Waals surface area contributed by atoms with E-state index in [1.165, 1.54) is 5.56 Å². The molecule has 1 aromatic carbocycles. The largest absolute Gasteiger partial charge is 0.453 e. The van der Waals surface area contributed by atoms with Crippen LogP contribution in [-0.4, -0.2) is 50.9 Å². The number of rotatable bonds is 3. The quantitative estimate of drug-likeness (QED) is 0.615. The van der Waals surface area contributed by atoms with Gasteiger partial charge in [0.25, 0.3) is 5.82 Å². The molecule has 0 bridgehead atoms. The summed E-state index contributed by atoms with van der Waals surface area (Å²) in [7, 11) is 0. The smallest absolute Gasteiger partial charge is 0.354 e. The number of halogens is 4. The lowest BCUT2D eigenvalue weighted by Gasteiger charge is -2.25. The summed E-state index contributed by atoms with van der Waals surface area (Å²) in [5.74, 6) is -0.542. The molecular formula is C20H22ClF3N6. The summed E-state index contributed by atoms with van der Waals surface area (Å²) in [4.78, 5) is 4.40. The summed E-state index contributed by atoms with van der Waals surface area (Å²) >= 11 is 5.96. The van der Waals surface area contributed by atoms with Gasteiger partial charge in [0.05, 0.1) is 0 Å². The lowest BCUT2D eigenvalue weighted by atomic mass is 10.1. The summed E-state index contributed by atoms with van der Waals surface area (Å²) in [6.07, 6.45) is -3.72. The van der Waals surface area contributed by atoms with Gasteiger partial charge in [-0.05, 0) is 38.0 Å². The minimum Gasteiger partial charge on any atom is -0.354 e. The maximum atomic E-state index is 13.3. The number of hydrogen-bond acceptors (Lipinski definition) is 5. The maximum Gasteiger partial charge on any atom is 0.453 e. The Kier molecular flexibility index (Phi) is 5.59. The van der Waals surface area contributed by atoms with Crippen molar-refractivity contribution in [2.75, 3.05) is 31.1 Å². The monoisotopic (exact) mass is 438 g/mol. The number of aryl methyl sites for hydroxylation is 1. The molecule has 10 heteroatoms. The normalized spacial score (nSPS) is 16.3. The maximum absolute atomic E-state index is 13.3. The van der Waals surface area contributed by atoms with Crippen LogP contribution >= 0.6 is 11.6 Å². The standard InChI is InChI=1S/C20H22ClF3N6/c1-13-14(2)18(27-30-17(13)25-26-19(30)20(22,23)24)29-9-3-8-28(10-11-29)12-15-4-6-16(21)7-5-15/h4-7H,3,8-12H2,1-2H3. The van der Waals surface area contributed by atoms with E-state index in [2.05, 4.69) is 25.1 Å². The van der Waals surface area contributed by atoms with Gasteiger partial charge in [0.15, 0.2) is 11.5 Å². The van der Waals surface area contributed by atoms with E-state index in [0.717, 1.165) is 42.7 Å². The van der Waals surface area contributed by atoms with Gasteiger partial charge in [-0.25, -0.2) is 0 Å². The lowest BCUT2D eigenvalue weighted by Crippen LogP contribution is -2.32. The minimum absolute atomic E-state index is 0.141. The van der Waals surface area contributed by atoms with Crippen LogP contribution in [0.4, 0.5) is 19.0 Å². The minimum atomic E-state index is -4.61. The SMILES string of the molecule is Cc1c(N2CCCN(Cc3ccc(Cl)cc3)CC2)nn2c(C(F)(F)F)nnc2c1C. The van der Waals surface area contributed by atoms with Gasteiger partial charge < -0.3 is 4.90 Å². The van der Waals surface area contributed by atoms with Gasteiger partial charge in [0.2, 0.25) is 0 Å². The van der Waals surface area contributed by atoms with Gasteiger partial charge in [-0.15, -0.1) is 15.3 Å². The highest BCUT2D eigenvalue weighted by molar-refractivity contribution is 6.30. The Balaban J connectivity index is 1.58. The summed E-state index contributed by atoms with van der Waals surface area (Å²) in [6.45, 7) is 7.52. The third kappa shape index (κ3) is 4.09. The van der Waals surface area contributed by atoms with Crippen molar-refractivity contribution in [2.45, 2.75) is 33.0 Å². The van der Waals surface area contributed by atoms with Crippen molar-refractivity contribution in [1.82, 2.24) is 24.7 Å². The van der Waals surface area contributed by atoms with Gasteiger partial charge in [-0.2, -0.15) is 17.7 Å². The summed E-state index contributed by atoms with van der Waals surface area (Å²) in [5, 5.41) is 12.1. The van der Waals surface area contributed by atoms with Crippen molar-refractivity contribution in [3.63, 3.8) is 0 Å². The Labute approximate surface area is 177 Å². The van der Waals surface area contributed by atoms with Crippen LogP contribution in [0.2, 0.25) is 5.02 Å². The fourth-order valence-electron chi connectivity index (χ4n) is 3.78. The molecule has 1 aliphatic heterocycles. The molecule has 160 valence electrons. The molecule has 2 aromatic heterocycles. The van der Waals surface area contributed by atoms with Crippen LogP contribution in [0, 0.1) is 13.8 Å². The fraction of sp³-hybridized carbons (Fsp3) is 0.450. The number of nitrogens with zero attached hydrogens (tertiary/aromatic N) is 6. The highest BCUT2D eigenvalue weighted by Gasteiger charge is 2.38. The summed E-state index contributed by atoms with van der Waals surface area (Å²) in [6, 6.07) is 7.78. The van der Waals surface area contributed by atoms with Crippen LogP contribution < -0.4 is 4.90 Å². The zero-order valence-corrected chi connectivity index (χ0v) is 17.5. The van der Waals surface area contributed by atoms with Crippen LogP contribution in [-0.2, 0) is 12.7 Å². The van der Waals surface area contributed by atoms with Crippen LogP contribution in [0.5, 0.6) is 0 Å². The first-order valence-corrected chi connectivity index (χ1v) is 10.1. The molecule has 0 amide bonds. The van der Waals surface area contributed by atoms with Crippen molar-refractivity contribution < 1.29 is 13.2 Å². The average Bonchev–Trinajstić information content (AvgIpc) is 3.00. The van der Waals surface area contributed by atoms with Crippen LogP contribution in [0.15, 0.2) is 24.3 Å². The number of fused-ring (bicyclic) bond motifs is 1. The molecule has 0 atom stereocenters. The third-order valence-electron chi connectivity index (χ3n) is 5.53. The number of aromatic nitrogens is 4. The van der Waals surface area contributed by atoms with Gasteiger partial charge in [-0.1, -0.05) is 23.7 Å². The van der Waals surface area contributed by atoms with E-state index in [0.29, 0.717) is 22.9 Å². The molecule has 3 heterocycles. The molecule has 30 heavy (non-hydrogen) atoms. The Hall–Kier alpha value is -2.39. The second kappa shape index (κ2) is 8.03. The van der Waals surface area contributed by atoms with E-state index in [-0.39, 0.29) is 5.65 Å². The first kappa shape index (κ1) is 20.9. The molecule has 0 N–H and O–H groups in total. The van der Waals surface area contributed by atoms with Crippen molar-refractivity contribution >= 4 is 23.1 Å². The molecule has 0 radical (unpaired) electrons. The topological polar surface area (TPSA) is 49.6 Å². The molecule has 6 nitrogen and oxygen atoms in total. The molecule has 1 fully saturated rings. The van der Waals surface area contributed by atoms with E-state index >= 15 is 0 Å². The Morgan fingerprint density at radius 1 is 0.967 bits per heavy atom. The van der Waals surface area contributed by atoms with Crippen molar-refractivity contribution in [1.29, 1.82) is 0 Å².